The van der Waals surface area contributed by atoms with Gasteiger partial charge in [0.15, 0.2) is 6.61 Å². The van der Waals surface area contributed by atoms with E-state index in [1.165, 1.54) is 0 Å². The van der Waals surface area contributed by atoms with Crippen LogP contribution in [0, 0.1) is 0 Å². The van der Waals surface area contributed by atoms with Crippen LogP contribution in [0.25, 0.3) is 0 Å². The maximum atomic E-state index is 11.9. The van der Waals surface area contributed by atoms with Gasteiger partial charge < -0.3 is 20.7 Å². The van der Waals surface area contributed by atoms with Crippen LogP contribution < -0.4 is 20.7 Å². The van der Waals surface area contributed by atoms with E-state index in [-0.39, 0.29) is 18.5 Å². The van der Waals surface area contributed by atoms with Crippen LogP contribution in [0.4, 0.5) is 10.5 Å². The SMILES string of the molecule is CCc1nc(CNC(=O)Nc2cccc(OCC(=O)NC)c2)cs1. The molecule has 0 bridgehead atoms. The summed E-state index contributed by atoms with van der Waals surface area (Å²) in [6, 6.07) is 6.52. The minimum atomic E-state index is -0.329. The highest BCUT2D eigenvalue weighted by molar-refractivity contribution is 7.09. The van der Waals surface area contributed by atoms with Crippen LogP contribution in [0.15, 0.2) is 29.6 Å². The molecule has 24 heavy (non-hydrogen) atoms. The first-order chi connectivity index (χ1) is 11.6. The number of aromatic nitrogens is 1. The number of ether oxygens (including phenoxy) is 1. The molecule has 1 aromatic carbocycles. The van der Waals surface area contributed by atoms with Crippen molar-refractivity contribution in [2.24, 2.45) is 0 Å². The first kappa shape index (κ1) is 17.7. The molecular formula is C16H20N4O3S. The lowest BCUT2D eigenvalue weighted by Gasteiger charge is -2.09. The predicted octanol–water partition coefficient (Wildman–Crippen LogP) is 2.15. The number of benzene rings is 1. The van der Waals surface area contributed by atoms with Crippen molar-refractivity contribution >= 4 is 29.0 Å². The molecule has 0 aliphatic heterocycles. The van der Waals surface area contributed by atoms with Gasteiger partial charge in [-0.1, -0.05) is 13.0 Å². The Balaban J connectivity index is 1.83. The van der Waals surface area contributed by atoms with Crippen molar-refractivity contribution in [2.75, 3.05) is 19.0 Å². The van der Waals surface area contributed by atoms with Gasteiger partial charge in [0.1, 0.15) is 5.75 Å². The average Bonchev–Trinajstić information content (AvgIpc) is 3.06. The van der Waals surface area contributed by atoms with Gasteiger partial charge in [0.2, 0.25) is 0 Å². The lowest BCUT2D eigenvalue weighted by Crippen LogP contribution is -2.28. The molecular weight excluding hydrogens is 328 g/mol. The highest BCUT2D eigenvalue weighted by atomic mass is 32.1. The number of aryl methyl sites for hydroxylation is 1. The zero-order chi connectivity index (χ0) is 17.4. The van der Waals surface area contributed by atoms with E-state index in [0.29, 0.717) is 18.0 Å². The van der Waals surface area contributed by atoms with E-state index in [2.05, 4.69) is 20.9 Å². The Bertz CT molecular complexity index is 702. The molecule has 7 nitrogen and oxygen atoms in total. The molecule has 0 saturated carbocycles. The number of hydrogen-bond donors (Lipinski definition) is 3. The molecule has 2 rings (SSSR count). The fraction of sp³-hybridized carbons (Fsp3) is 0.312. The lowest BCUT2D eigenvalue weighted by atomic mass is 10.3. The fourth-order valence-electron chi connectivity index (χ4n) is 1.82. The number of carbonyl (C=O) groups excluding carboxylic acids is 2. The second kappa shape index (κ2) is 8.88. The summed E-state index contributed by atoms with van der Waals surface area (Å²) in [6.45, 7) is 2.34. The van der Waals surface area contributed by atoms with Crippen molar-refractivity contribution in [3.05, 3.63) is 40.3 Å². The summed E-state index contributed by atoms with van der Waals surface area (Å²) in [5.74, 6) is 0.282. The molecule has 0 saturated heterocycles. The number of likely N-dealkylation sites (N-methyl/N-ethyl adjacent to an activating group) is 1. The van der Waals surface area contributed by atoms with Crippen molar-refractivity contribution in [3.8, 4) is 5.75 Å². The number of nitrogens with one attached hydrogen (secondary N) is 3. The van der Waals surface area contributed by atoms with Crippen molar-refractivity contribution in [1.29, 1.82) is 0 Å². The van der Waals surface area contributed by atoms with Gasteiger partial charge in [-0.2, -0.15) is 0 Å². The van der Waals surface area contributed by atoms with Gasteiger partial charge in [0, 0.05) is 24.2 Å². The summed E-state index contributed by atoms with van der Waals surface area (Å²) >= 11 is 1.58. The largest absolute Gasteiger partial charge is 0.484 e. The maximum Gasteiger partial charge on any atom is 0.319 e. The van der Waals surface area contributed by atoms with Crippen molar-refractivity contribution in [2.45, 2.75) is 19.9 Å². The van der Waals surface area contributed by atoms with E-state index in [4.69, 9.17) is 4.74 Å². The van der Waals surface area contributed by atoms with Crippen molar-refractivity contribution in [3.63, 3.8) is 0 Å². The molecule has 2 aromatic rings. The number of amides is 3. The summed E-state index contributed by atoms with van der Waals surface area (Å²) in [5.41, 5.74) is 1.42. The first-order valence-electron chi connectivity index (χ1n) is 7.52. The minimum absolute atomic E-state index is 0.0737. The van der Waals surface area contributed by atoms with Crippen LogP contribution in [0.3, 0.4) is 0 Å². The molecule has 0 aliphatic carbocycles. The van der Waals surface area contributed by atoms with Gasteiger partial charge in [0.05, 0.1) is 17.2 Å². The van der Waals surface area contributed by atoms with Crippen LogP contribution in [0.5, 0.6) is 5.75 Å². The van der Waals surface area contributed by atoms with E-state index in [1.54, 1.807) is 42.6 Å². The van der Waals surface area contributed by atoms with Crippen LogP contribution in [0.2, 0.25) is 0 Å². The third-order valence-electron chi connectivity index (χ3n) is 3.07. The summed E-state index contributed by atoms with van der Waals surface area (Å²) < 4.78 is 5.33. The molecule has 0 unspecified atom stereocenters. The third-order valence-corrected chi connectivity index (χ3v) is 4.11. The van der Waals surface area contributed by atoms with E-state index < -0.39 is 0 Å². The number of urea groups is 1. The second-order valence-corrected chi connectivity index (χ2v) is 5.83. The predicted molar refractivity (Wildman–Crippen MR) is 93.4 cm³/mol. The molecule has 3 amide bonds. The molecule has 1 aromatic heterocycles. The highest BCUT2D eigenvalue weighted by Crippen LogP contribution is 2.17. The monoisotopic (exact) mass is 348 g/mol. The molecule has 0 aliphatic rings. The van der Waals surface area contributed by atoms with Gasteiger partial charge in [0.25, 0.3) is 5.91 Å². The molecule has 1 heterocycles. The third kappa shape index (κ3) is 5.54. The smallest absolute Gasteiger partial charge is 0.319 e. The number of anilines is 1. The van der Waals surface area contributed by atoms with Crippen LogP contribution in [-0.4, -0.2) is 30.6 Å². The van der Waals surface area contributed by atoms with Crippen molar-refractivity contribution in [1.82, 2.24) is 15.6 Å². The zero-order valence-corrected chi connectivity index (χ0v) is 14.4. The quantitative estimate of drug-likeness (QED) is 0.715. The molecule has 0 spiro atoms. The van der Waals surface area contributed by atoms with Crippen molar-refractivity contribution < 1.29 is 14.3 Å². The standard InChI is InChI=1S/C16H20N4O3S/c1-3-15-19-12(10-24-15)8-18-16(22)20-11-5-4-6-13(7-11)23-9-14(21)17-2/h4-7,10H,3,8-9H2,1-2H3,(H,17,21)(H2,18,20,22). The number of nitrogens with zero attached hydrogens (tertiary/aromatic N) is 1. The van der Waals surface area contributed by atoms with E-state index in [0.717, 1.165) is 17.1 Å². The van der Waals surface area contributed by atoms with Gasteiger partial charge in [-0.05, 0) is 18.6 Å². The van der Waals surface area contributed by atoms with E-state index in [9.17, 15) is 9.59 Å². The summed E-state index contributed by atoms with van der Waals surface area (Å²) in [4.78, 5) is 27.5. The van der Waals surface area contributed by atoms with E-state index >= 15 is 0 Å². The Kier molecular flexibility index (Phi) is 6.56. The molecule has 128 valence electrons. The topological polar surface area (TPSA) is 92.3 Å². The van der Waals surface area contributed by atoms with Crippen LogP contribution in [-0.2, 0) is 17.8 Å². The van der Waals surface area contributed by atoms with Gasteiger partial charge >= 0.3 is 6.03 Å². The molecule has 0 radical (unpaired) electrons. The maximum absolute atomic E-state index is 11.9. The Morgan fingerprint density at radius 2 is 2.17 bits per heavy atom. The second-order valence-electron chi connectivity index (χ2n) is 4.88. The van der Waals surface area contributed by atoms with Gasteiger partial charge in [-0.15, -0.1) is 11.3 Å². The zero-order valence-electron chi connectivity index (χ0n) is 13.6. The molecule has 8 heteroatoms. The number of hydrogen-bond acceptors (Lipinski definition) is 5. The number of carbonyl (C=O) groups is 2. The number of thiazole rings is 1. The molecule has 0 atom stereocenters. The number of rotatable bonds is 7. The van der Waals surface area contributed by atoms with Crippen LogP contribution >= 0.6 is 11.3 Å². The summed E-state index contributed by atoms with van der Waals surface area (Å²) in [6.07, 6.45) is 0.889. The minimum Gasteiger partial charge on any atom is -0.484 e. The lowest BCUT2D eigenvalue weighted by molar-refractivity contribution is -0.122. The first-order valence-corrected chi connectivity index (χ1v) is 8.40. The summed E-state index contributed by atoms with van der Waals surface area (Å²) in [5, 5.41) is 10.9. The molecule has 3 N–H and O–H groups in total. The Labute approximate surface area is 144 Å². The summed E-state index contributed by atoms with van der Waals surface area (Å²) in [7, 11) is 1.54. The van der Waals surface area contributed by atoms with Crippen LogP contribution in [0.1, 0.15) is 17.6 Å². The molecule has 0 fully saturated rings. The normalized spacial score (nSPS) is 10.1. The fourth-order valence-corrected chi connectivity index (χ4v) is 2.57. The Morgan fingerprint density at radius 3 is 2.88 bits per heavy atom. The Morgan fingerprint density at radius 1 is 1.33 bits per heavy atom. The van der Waals surface area contributed by atoms with E-state index in [1.807, 2.05) is 12.3 Å². The van der Waals surface area contributed by atoms with Gasteiger partial charge in [-0.3, -0.25) is 4.79 Å². The average molecular weight is 348 g/mol. The Hall–Kier alpha value is -2.61. The highest BCUT2D eigenvalue weighted by Gasteiger charge is 2.06. The van der Waals surface area contributed by atoms with Gasteiger partial charge in [-0.25, -0.2) is 9.78 Å².